The maximum atomic E-state index is 12.1. The molecule has 7 heteroatoms. The molecule has 0 amide bonds. The number of hydrogen-bond acceptors (Lipinski definition) is 6. The van der Waals surface area contributed by atoms with E-state index < -0.39 is 9.84 Å². The van der Waals surface area contributed by atoms with Crippen LogP contribution in [-0.4, -0.2) is 63.0 Å². The number of aliphatic imine (C=N–C) groups is 1. The first kappa shape index (κ1) is 18.0. The fourth-order valence-corrected chi connectivity index (χ4v) is 4.10. The summed E-state index contributed by atoms with van der Waals surface area (Å²) in [6.45, 7) is 6.80. The van der Waals surface area contributed by atoms with E-state index in [1.165, 1.54) is 6.26 Å². The monoisotopic (exact) mass is 385 g/mol. The number of benzene rings is 2. The van der Waals surface area contributed by atoms with Gasteiger partial charge >= 0.3 is 0 Å². The van der Waals surface area contributed by atoms with Crippen LogP contribution in [-0.2, 0) is 9.84 Å². The number of fused-ring (bicyclic) bond motifs is 2. The lowest BCUT2D eigenvalue weighted by Gasteiger charge is -2.36. The molecule has 1 saturated heterocycles. The van der Waals surface area contributed by atoms with Gasteiger partial charge in [0.2, 0.25) is 0 Å². The van der Waals surface area contributed by atoms with Gasteiger partial charge in [-0.25, -0.2) is 13.4 Å². The molecule has 0 radical (unpaired) electrons. The fourth-order valence-electron chi connectivity index (χ4n) is 3.45. The number of nitrogens with zero attached hydrogens (tertiary/aromatic N) is 3. The van der Waals surface area contributed by atoms with Crippen molar-refractivity contribution < 1.29 is 13.2 Å². The summed E-state index contributed by atoms with van der Waals surface area (Å²) in [5, 5.41) is 0. The lowest BCUT2D eigenvalue weighted by Crippen LogP contribution is -2.48. The zero-order valence-corrected chi connectivity index (χ0v) is 16.4. The minimum Gasteiger partial charge on any atom is -0.454 e. The molecule has 0 aliphatic carbocycles. The summed E-state index contributed by atoms with van der Waals surface area (Å²) in [4.78, 5) is 9.78. The third-order valence-electron chi connectivity index (χ3n) is 5.05. The van der Waals surface area contributed by atoms with Gasteiger partial charge in [0.05, 0.1) is 10.5 Å². The summed E-state index contributed by atoms with van der Waals surface area (Å²) in [6.07, 6.45) is 1.22. The predicted molar refractivity (Wildman–Crippen MR) is 106 cm³/mol. The molecule has 6 nitrogen and oxygen atoms in total. The number of hydrogen-bond donors (Lipinski definition) is 0. The Morgan fingerprint density at radius 2 is 1.78 bits per heavy atom. The average Bonchev–Trinajstić information content (AvgIpc) is 2.83. The second-order valence-corrected chi connectivity index (χ2v) is 8.87. The van der Waals surface area contributed by atoms with Crippen LogP contribution in [0.3, 0.4) is 0 Å². The molecule has 2 aromatic carbocycles. The predicted octanol–water partition coefficient (Wildman–Crippen LogP) is 2.91. The van der Waals surface area contributed by atoms with Crippen molar-refractivity contribution in [1.29, 1.82) is 0 Å². The highest BCUT2D eigenvalue weighted by atomic mass is 32.2. The van der Waals surface area contributed by atoms with E-state index in [-0.39, 0.29) is 4.90 Å². The van der Waals surface area contributed by atoms with E-state index in [4.69, 9.17) is 9.73 Å². The van der Waals surface area contributed by atoms with Gasteiger partial charge in [0.1, 0.15) is 17.3 Å². The Labute approximate surface area is 160 Å². The first-order chi connectivity index (χ1) is 13.0. The zero-order chi connectivity index (χ0) is 19.0. The molecule has 142 valence electrons. The second kappa shape index (κ2) is 6.98. The average molecular weight is 385 g/mol. The van der Waals surface area contributed by atoms with Crippen molar-refractivity contribution in [2.24, 2.45) is 4.99 Å². The fraction of sp³-hybridized carbons (Fsp3) is 0.350. The number of likely N-dealkylation sites (N-methyl/N-ethyl adjacent to an activating group) is 1. The first-order valence-corrected chi connectivity index (χ1v) is 11.0. The van der Waals surface area contributed by atoms with Crippen LogP contribution in [0.15, 0.2) is 52.4 Å². The van der Waals surface area contributed by atoms with Gasteiger partial charge < -0.3 is 14.5 Å². The van der Waals surface area contributed by atoms with Gasteiger partial charge in [-0.15, -0.1) is 0 Å². The number of rotatable bonds is 2. The topological polar surface area (TPSA) is 62.2 Å². The molecule has 27 heavy (non-hydrogen) atoms. The SMILES string of the molecule is CCN1CCN(C2=Nc3ccccc3Oc3ccc(S(C)(=O)=O)cc32)CC1. The van der Waals surface area contributed by atoms with E-state index in [1.54, 1.807) is 18.2 Å². The van der Waals surface area contributed by atoms with Crippen LogP contribution < -0.4 is 4.74 Å². The Kier molecular flexibility index (Phi) is 4.65. The van der Waals surface area contributed by atoms with Gasteiger partial charge in [-0.05, 0) is 36.9 Å². The van der Waals surface area contributed by atoms with Gasteiger partial charge in [0, 0.05) is 32.4 Å². The molecule has 0 N–H and O–H groups in total. The zero-order valence-electron chi connectivity index (χ0n) is 15.6. The standard InChI is InChI=1S/C20H23N3O3S/c1-3-22-10-12-23(13-11-22)20-16-14-15(27(2,24)25)8-9-18(16)26-19-7-5-4-6-17(19)21-20/h4-9,14H,3,10-13H2,1-2H3. The molecular formula is C20H23N3O3S. The van der Waals surface area contributed by atoms with Crippen molar-refractivity contribution in [2.45, 2.75) is 11.8 Å². The maximum Gasteiger partial charge on any atom is 0.175 e. The third-order valence-corrected chi connectivity index (χ3v) is 6.16. The highest BCUT2D eigenvalue weighted by molar-refractivity contribution is 7.90. The van der Waals surface area contributed by atoms with Crippen LogP contribution in [0.2, 0.25) is 0 Å². The minimum absolute atomic E-state index is 0.274. The minimum atomic E-state index is -3.32. The molecule has 2 aromatic rings. The molecule has 2 heterocycles. The first-order valence-electron chi connectivity index (χ1n) is 9.13. The number of sulfone groups is 1. The smallest absolute Gasteiger partial charge is 0.175 e. The molecular weight excluding hydrogens is 362 g/mol. The summed E-state index contributed by atoms with van der Waals surface area (Å²) in [6, 6.07) is 12.6. The highest BCUT2D eigenvalue weighted by Crippen LogP contribution is 2.38. The van der Waals surface area contributed by atoms with Crippen LogP contribution in [0.5, 0.6) is 11.5 Å². The van der Waals surface area contributed by atoms with Crippen molar-refractivity contribution in [3.8, 4) is 11.5 Å². The summed E-state index contributed by atoms with van der Waals surface area (Å²) < 4.78 is 30.3. The van der Waals surface area contributed by atoms with Gasteiger partial charge in [-0.2, -0.15) is 0 Å². The van der Waals surface area contributed by atoms with Crippen LogP contribution in [0.1, 0.15) is 12.5 Å². The number of piperazine rings is 1. The molecule has 1 fully saturated rings. The lowest BCUT2D eigenvalue weighted by molar-refractivity contribution is 0.190. The summed E-state index contributed by atoms with van der Waals surface area (Å²) in [5.41, 5.74) is 1.47. The Balaban J connectivity index is 1.83. The number of ether oxygens (including phenoxy) is 1. The van der Waals surface area contributed by atoms with Gasteiger partial charge in [-0.1, -0.05) is 19.1 Å². The summed E-state index contributed by atoms with van der Waals surface area (Å²) in [5.74, 6) is 2.08. The van der Waals surface area contributed by atoms with Gasteiger partial charge in [0.15, 0.2) is 15.6 Å². The van der Waals surface area contributed by atoms with Gasteiger partial charge in [0.25, 0.3) is 0 Å². The van der Waals surface area contributed by atoms with Crippen LogP contribution in [0, 0.1) is 0 Å². The van der Waals surface area contributed by atoms with Crippen molar-refractivity contribution >= 4 is 21.4 Å². The van der Waals surface area contributed by atoms with E-state index in [0.29, 0.717) is 11.5 Å². The molecule has 0 bridgehead atoms. The van der Waals surface area contributed by atoms with E-state index >= 15 is 0 Å². The number of para-hydroxylation sites is 2. The van der Waals surface area contributed by atoms with Crippen molar-refractivity contribution in [3.05, 3.63) is 48.0 Å². The maximum absolute atomic E-state index is 12.1. The molecule has 0 spiro atoms. The quantitative estimate of drug-likeness (QED) is 0.795. The van der Waals surface area contributed by atoms with Crippen LogP contribution >= 0.6 is 0 Å². The van der Waals surface area contributed by atoms with Crippen molar-refractivity contribution in [1.82, 2.24) is 9.80 Å². The van der Waals surface area contributed by atoms with E-state index in [1.807, 2.05) is 24.3 Å². The van der Waals surface area contributed by atoms with Gasteiger partial charge in [-0.3, -0.25) is 0 Å². The second-order valence-electron chi connectivity index (χ2n) is 6.86. The van der Waals surface area contributed by atoms with Crippen molar-refractivity contribution in [3.63, 3.8) is 0 Å². The summed E-state index contributed by atoms with van der Waals surface area (Å²) >= 11 is 0. The van der Waals surface area contributed by atoms with E-state index in [9.17, 15) is 8.42 Å². The van der Waals surface area contributed by atoms with E-state index in [0.717, 1.165) is 49.8 Å². The third kappa shape index (κ3) is 3.57. The summed E-state index contributed by atoms with van der Waals surface area (Å²) in [7, 11) is -3.32. The molecule has 0 atom stereocenters. The molecule has 2 aliphatic rings. The molecule has 0 unspecified atom stereocenters. The van der Waals surface area contributed by atoms with Crippen molar-refractivity contribution in [2.75, 3.05) is 39.0 Å². The number of amidine groups is 1. The molecule has 2 aliphatic heterocycles. The Hall–Kier alpha value is -2.38. The normalized spacial score (nSPS) is 17.4. The Morgan fingerprint density at radius 3 is 2.48 bits per heavy atom. The molecule has 0 saturated carbocycles. The van der Waals surface area contributed by atoms with Crippen LogP contribution in [0.25, 0.3) is 0 Å². The molecule has 4 rings (SSSR count). The Bertz CT molecular complexity index is 993. The lowest BCUT2D eigenvalue weighted by atomic mass is 10.1. The van der Waals surface area contributed by atoms with E-state index in [2.05, 4.69) is 16.7 Å². The largest absolute Gasteiger partial charge is 0.454 e. The Morgan fingerprint density at radius 1 is 1.04 bits per heavy atom. The van der Waals surface area contributed by atoms with Crippen LogP contribution in [0.4, 0.5) is 5.69 Å². The highest BCUT2D eigenvalue weighted by Gasteiger charge is 2.26. The molecule has 0 aromatic heterocycles.